The van der Waals surface area contributed by atoms with Gasteiger partial charge in [-0.25, -0.2) is 0 Å². The van der Waals surface area contributed by atoms with E-state index in [1.165, 1.54) is 6.20 Å². The number of aromatic nitrogens is 1. The van der Waals surface area contributed by atoms with Crippen molar-refractivity contribution in [3.05, 3.63) is 40.8 Å². The van der Waals surface area contributed by atoms with Crippen molar-refractivity contribution in [2.75, 3.05) is 6.61 Å². The maximum absolute atomic E-state index is 11.5. The van der Waals surface area contributed by atoms with Crippen LogP contribution in [0.2, 0.25) is 0 Å². The van der Waals surface area contributed by atoms with Gasteiger partial charge in [0.15, 0.2) is 6.61 Å². The third kappa shape index (κ3) is 1.88. The minimum Gasteiger partial charge on any atom is -0.483 e. The monoisotopic (exact) mass is 218 g/mol. The van der Waals surface area contributed by atoms with Gasteiger partial charge in [0.25, 0.3) is 11.5 Å². The van der Waals surface area contributed by atoms with Crippen molar-refractivity contribution in [2.45, 2.75) is 0 Å². The number of H-pyrrole nitrogens is 1. The first-order chi connectivity index (χ1) is 7.68. The molecule has 0 spiro atoms. The van der Waals surface area contributed by atoms with E-state index in [1.807, 2.05) is 0 Å². The second-order valence-electron chi connectivity index (χ2n) is 3.28. The van der Waals surface area contributed by atoms with Crippen molar-refractivity contribution in [1.29, 1.82) is 0 Å². The molecule has 0 aliphatic carbocycles. The minimum atomic E-state index is -0.554. The van der Waals surface area contributed by atoms with E-state index in [0.29, 0.717) is 16.5 Å². The van der Waals surface area contributed by atoms with Gasteiger partial charge < -0.3 is 15.5 Å². The number of hydrogen-bond donors (Lipinski definition) is 2. The third-order valence-electron chi connectivity index (χ3n) is 2.15. The number of carbonyl (C=O) groups is 1. The molecule has 0 fully saturated rings. The highest BCUT2D eigenvalue weighted by atomic mass is 16.5. The first-order valence-electron chi connectivity index (χ1n) is 4.70. The normalized spacial score (nSPS) is 10.2. The molecule has 2 rings (SSSR count). The van der Waals surface area contributed by atoms with Crippen LogP contribution in [0.3, 0.4) is 0 Å². The van der Waals surface area contributed by atoms with E-state index in [2.05, 4.69) is 4.98 Å². The zero-order chi connectivity index (χ0) is 11.5. The van der Waals surface area contributed by atoms with E-state index in [-0.39, 0.29) is 12.2 Å². The van der Waals surface area contributed by atoms with Crippen LogP contribution in [0.5, 0.6) is 5.75 Å². The van der Waals surface area contributed by atoms with Gasteiger partial charge in [-0.2, -0.15) is 0 Å². The van der Waals surface area contributed by atoms with Gasteiger partial charge in [-0.1, -0.05) is 6.07 Å². The molecular weight excluding hydrogens is 208 g/mol. The Morgan fingerprint density at radius 1 is 1.31 bits per heavy atom. The number of carbonyl (C=O) groups excluding carboxylic acids is 1. The van der Waals surface area contributed by atoms with Gasteiger partial charge in [-0.05, 0) is 18.2 Å². The van der Waals surface area contributed by atoms with E-state index in [4.69, 9.17) is 10.5 Å². The van der Waals surface area contributed by atoms with Gasteiger partial charge in [-0.3, -0.25) is 9.59 Å². The molecule has 0 aliphatic heterocycles. The Bertz CT molecular complexity index is 589. The van der Waals surface area contributed by atoms with Crippen LogP contribution < -0.4 is 16.0 Å². The predicted octanol–water partition coefficient (Wildman–Crippen LogP) is 0.392. The molecular formula is C11H10N2O3. The molecule has 1 heterocycles. The van der Waals surface area contributed by atoms with Crippen molar-refractivity contribution < 1.29 is 9.53 Å². The fourth-order valence-corrected chi connectivity index (χ4v) is 1.47. The van der Waals surface area contributed by atoms with Crippen molar-refractivity contribution in [3.63, 3.8) is 0 Å². The van der Waals surface area contributed by atoms with Gasteiger partial charge >= 0.3 is 0 Å². The van der Waals surface area contributed by atoms with Crippen molar-refractivity contribution in [2.24, 2.45) is 5.73 Å². The molecule has 1 amide bonds. The largest absolute Gasteiger partial charge is 0.483 e. The number of pyridine rings is 1. The molecule has 1 aromatic carbocycles. The lowest BCUT2D eigenvalue weighted by atomic mass is 10.1. The number of benzene rings is 1. The molecule has 0 bridgehead atoms. The highest BCUT2D eigenvalue weighted by Crippen LogP contribution is 2.22. The number of nitrogens with two attached hydrogens (primary N) is 1. The zero-order valence-corrected chi connectivity index (χ0v) is 8.40. The molecule has 5 nitrogen and oxygen atoms in total. The van der Waals surface area contributed by atoms with Gasteiger partial charge in [0.1, 0.15) is 5.75 Å². The van der Waals surface area contributed by atoms with Crippen LogP contribution in [0.25, 0.3) is 10.8 Å². The molecule has 0 saturated heterocycles. The Kier molecular flexibility index (Phi) is 2.59. The van der Waals surface area contributed by atoms with Gasteiger partial charge in [0.2, 0.25) is 0 Å². The highest BCUT2D eigenvalue weighted by molar-refractivity contribution is 5.87. The van der Waals surface area contributed by atoms with E-state index in [0.717, 1.165) is 0 Å². The maximum atomic E-state index is 11.5. The van der Waals surface area contributed by atoms with Crippen LogP contribution in [-0.4, -0.2) is 17.5 Å². The quantitative estimate of drug-likeness (QED) is 0.781. The highest BCUT2D eigenvalue weighted by Gasteiger charge is 2.05. The van der Waals surface area contributed by atoms with Crippen LogP contribution in [0, 0.1) is 0 Å². The summed E-state index contributed by atoms with van der Waals surface area (Å²) < 4.78 is 5.21. The van der Waals surface area contributed by atoms with E-state index < -0.39 is 5.91 Å². The van der Waals surface area contributed by atoms with E-state index >= 15 is 0 Å². The summed E-state index contributed by atoms with van der Waals surface area (Å²) in [4.78, 5) is 24.6. The molecule has 0 radical (unpaired) electrons. The first kappa shape index (κ1) is 10.2. The second-order valence-corrected chi connectivity index (χ2v) is 3.28. The fraction of sp³-hybridized carbons (Fsp3) is 0.0909. The van der Waals surface area contributed by atoms with Crippen LogP contribution in [0.4, 0.5) is 0 Å². The predicted molar refractivity (Wildman–Crippen MR) is 59.3 cm³/mol. The Morgan fingerprint density at radius 2 is 2.12 bits per heavy atom. The summed E-state index contributed by atoms with van der Waals surface area (Å²) >= 11 is 0. The summed E-state index contributed by atoms with van der Waals surface area (Å²) in [5.74, 6) is -0.0794. The lowest BCUT2D eigenvalue weighted by Crippen LogP contribution is -2.20. The molecule has 0 saturated carbocycles. The molecule has 2 aromatic rings. The summed E-state index contributed by atoms with van der Waals surface area (Å²) in [5.41, 5.74) is 4.79. The van der Waals surface area contributed by atoms with Crippen molar-refractivity contribution >= 4 is 16.7 Å². The Balaban J connectivity index is 2.50. The molecule has 3 N–H and O–H groups in total. The fourth-order valence-electron chi connectivity index (χ4n) is 1.47. The standard InChI is InChI=1S/C11H10N2O3/c12-10(14)6-16-9-3-1-2-8-7(9)4-5-13-11(8)15/h1-5H,6H2,(H2,12,14)(H,13,15). The summed E-state index contributed by atoms with van der Waals surface area (Å²) in [5, 5.41) is 1.18. The number of ether oxygens (including phenoxy) is 1. The van der Waals surface area contributed by atoms with Gasteiger partial charge in [-0.15, -0.1) is 0 Å². The number of nitrogens with one attached hydrogen (secondary N) is 1. The van der Waals surface area contributed by atoms with Crippen LogP contribution >= 0.6 is 0 Å². The molecule has 5 heteroatoms. The number of amides is 1. The first-order valence-corrected chi connectivity index (χ1v) is 4.70. The van der Waals surface area contributed by atoms with E-state index in [9.17, 15) is 9.59 Å². The maximum Gasteiger partial charge on any atom is 0.255 e. The summed E-state index contributed by atoms with van der Waals surface area (Å²) in [6.07, 6.45) is 1.53. The molecule has 0 unspecified atom stereocenters. The smallest absolute Gasteiger partial charge is 0.255 e. The number of fused-ring (bicyclic) bond motifs is 1. The zero-order valence-electron chi connectivity index (χ0n) is 8.40. The van der Waals surface area contributed by atoms with Gasteiger partial charge in [0, 0.05) is 11.6 Å². The molecule has 0 aliphatic rings. The lowest BCUT2D eigenvalue weighted by Gasteiger charge is -2.06. The molecule has 1 aromatic heterocycles. The van der Waals surface area contributed by atoms with Crippen molar-refractivity contribution in [1.82, 2.24) is 4.98 Å². The number of hydrogen-bond acceptors (Lipinski definition) is 3. The minimum absolute atomic E-state index is 0.193. The van der Waals surface area contributed by atoms with Gasteiger partial charge in [0.05, 0.1) is 5.39 Å². The Labute approximate surface area is 90.8 Å². The van der Waals surface area contributed by atoms with Crippen LogP contribution in [-0.2, 0) is 4.79 Å². The summed E-state index contributed by atoms with van der Waals surface area (Å²) in [7, 11) is 0. The van der Waals surface area contributed by atoms with E-state index in [1.54, 1.807) is 24.3 Å². The average Bonchev–Trinajstić information content (AvgIpc) is 2.27. The lowest BCUT2D eigenvalue weighted by molar-refractivity contribution is -0.119. The average molecular weight is 218 g/mol. The van der Waals surface area contributed by atoms with Crippen molar-refractivity contribution in [3.8, 4) is 5.75 Å². The molecule has 82 valence electrons. The molecule has 0 atom stereocenters. The number of rotatable bonds is 3. The Morgan fingerprint density at radius 3 is 2.88 bits per heavy atom. The molecule has 16 heavy (non-hydrogen) atoms. The summed E-state index contributed by atoms with van der Waals surface area (Å²) in [6.45, 7) is -0.202. The number of aromatic amines is 1. The second kappa shape index (κ2) is 4.06. The van der Waals surface area contributed by atoms with Crippen LogP contribution in [0.1, 0.15) is 0 Å². The number of primary amides is 1. The third-order valence-corrected chi connectivity index (χ3v) is 2.15. The van der Waals surface area contributed by atoms with Crippen LogP contribution in [0.15, 0.2) is 35.3 Å². The SMILES string of the molecule is NC(=O)COc1cccc2c(=O)[nH]ccc12. The topological polar surface area (TPSA) is 85.2 Å². The summed E-state index contributed by atoms with van der Waals surface area (Å²) in [6, 6.07) is 6.77. The Hall–Kier alpha value is -2.30.